The molecule has 0 N–H and O–H groups in total. The van der Waals surface area contributed by atoms with Gasteiger partial charge in [-0.3, -0.25) is 14.5 Å². The van der Waals surface area contributed by atoms with E-state index in [-0.39, 0.29) is 11.9 Å². The Balaban J connectivity index is 1.71. The van der Waals surface area contributed by atoms with Crippen LogP contribution in [0.1, 0.15) is 51.0 Å². The summed E-state index contributed by atoms with van der Waals surface area (Å²) in [5, 5.41) is 0. The molecule has 1 heterocycles. The van der Waals surface area contributed by atoms with Crippen molar-refractivity contribution in [2.24, 2.45) is 0 Å². The first-order chi connectivity index (χ1) is 12.6. The lowest BCUT2D eigenvalue weighted by molar-refractivity contribution is -0.143. The van der Waals surface area contributed by atoms with Gasteiger partial charge in [0.15, 0.2) is 0 Å². The number of hydrogen-bond donors (Lipinski definition) is 0. The zero-order chi connectivity index (χ0) is 18.8. The quantitative estimate of drug-likeness (QED) is 0.248. The summed E-state index contributed by atoms with van der Waals surface area (Å²) in [4.78, 5) is 26.4. The number of unbranched alkanes of at least 4 members (excludes halogenated alkanes) is 3. The number of rotatable bonds is 10. The van der Waals surface area contributed by atoms with Crippen molar-refractivity contribution in [1.29, 1.82) is 0 Å². The molecule has 26 heavy (non-hydrogen) atoms. The monoisotopic (exact) mass is 391 g/mol. The van der Waals surface area contributed by atoms with Crippen LogP contribution >= 0.6 is 24.0 Å². The van der Waals surface area contributed by atoms with E-state index < -0.39 is 0 Å². The molecule has 140 valence electrons. The van der Waals surface area contributed by atoms with Crippen molar-refractivity contribution >= 4 is 46.3 Å². The van der Waals surface area contributed by atoms with Gasteiger partial charge in [-0.05, 0) is 30.9 Å². The Labute approximate surface area is 165 Å². The summed E-state index contributed by atoms with van der Waals surface area (Å²) in [5.74, 6) is -0.155. The van der Waals surface area contributed by atoms with Crippen molar-refractivity contribution in [3.05, 3.63) is 40.8 Å². The number of amides is 1. The van der Waals surface area contributed by atoms with E-state index in [0.717, 1.165) is 37.7 Å². The first-order valence-corrected chi connectivity index (χ1v) is 10.3. The molecule has 1 fully saturated rings. The first-order valence-electron chi connectivity index (χ1n) is 9.08. The predicted octanol–water partition coefficient (Wildman–Crippen LogP) is 4.79. The largest absolute Gasteiger partial charge is 0.466 e. The highest BCUT2D eigenvalue weighted by molar-refractivity contribution is 8.26. The maximum Gasteiger partial charge on any atom is 0.305 e. The number of thiocarbonyl (C=S) groups is 1. The van der Waals surface area contributed by atoms with Crippen molar-refractivity contribution in [2.75, 3.05) is 13.2 Å². The fourth-order valence-electron chi connectivity index (χ4n) is 2.51. The molecule has 0 aromatic heterocycles. The van der Waals surface area contributed by atoms with Crippen LogP contribution in [0.15, 0.2) is 35.2 Å². The van der Waals surface area contributed by atoms with E-state index in [4.69, 9.17) is 17.0 Å². The molecule has 1 aromatic carbocycles. The molecule has 0 atom stereocenters. The third-order valence-electron chi connectivity index (χ3n) is 3.99. The summed E-state index contributed by atoms with van der Waals surface area (Å²) in [7, 11) is 0. The second-order valence-electron chi connectivity index (χ2n) is 6.13. The number of carbonyl (C=O) groups excluding carboxylic acids is 2. The molecule has 0 spiro atoms. The van der Waals surface area contributed by atoms with Crippen LogP contribution < -0.4 is 0 Å². The average Bonchev–Trinajstić information content (AvgIpc) is 2.89. The number of thioether (sulfide) groups is 1. The molecule has 2 rings (SSSR count). The molecule has 0 unspecified atom stereocenters. The third-order valence-corrected chi connectivity index (χ3v) is 5.37. The molecule has 0 bridgehead atoms. The van der Waals surface area contributed by atoms with Crippen molar-refractivity contribution in [3.8, 4) is 0 Å². The summed E-state index contributed by atoms with van der Waals surface area (Å²) >= 11 is 6.69. The number of carbonyl (C=O) groups is 2. The highest BCUT2D eigenvalue weighted by atomic mass is 32.2. The van der Waals surface area contributed by atoms with Gasteiger partial charge in [-0.15, -0.1) is 0 Å². The van der Waals surface area contributed by atoms with E-state index in [1.165, 1.54) is 11.8 Å². The molecule has 1 aliphatic rings. The summed E-state index contributed by atoms with van der Waals surface area (Å²) < 4.78 is 5.74. The normalized spacial score (nSPS) is 15.7. The molecule has 1 saturated heterocycles. The van der Waals surface area contributed by atoms with Crippen LogP contribution in [-0.4, -0.2) is 34.2 Å². The highest BCUT2D eigenvalue weighted by Gasteiger charge is 2.31. The van der Waals surface area contributed by atoms with Crippen LogP contribution in [0.5, 0.6) is 0 Å². The summed E-state index contributed by atoms with van der Waals surface area (Å²) in [6, 6.07) is 9.76. The molecule has 6 heteroatoms. The lowest BCUT2D eigenvalue weighted by Gasteiger charge is -2.14. The molecule has 0 saturated carbocycles. The van der Waals surface area contributed by atoms with Gasteiger partial charge in [0.1, 0.15) is 4.32 Å². The Morgan fingerprint density at radius 3 is 2.69 bits per heavy atom. The van der Waals surface area contributed by atoms with Crippen LogP contribution in [-0.2, 0) is 14.3 Å². The maximum absolute atomic E-state index is 12.5. The number of nitrogens with zero attached hydrogens (tertiary/aromatic N) is 1. The second kappa shape index (κ2) is 11.1. The molecule has 1 amide bonds. The van der Waals surface area contributed by atoms with Gasteiger partial charge in [-0.2, -0.15) is 0 Å². The molecular formula is C20H25NO3S2. The van der Waals surface area contributed by atoms with Crippen molar-refractivity contribution < 1.29 is 14.3 Å². The van der Waals surface area contributed by atoms with Gasteiger partial charge in [0.25, 0.3) is 5.91 Å². The molecule has 0 radical (unpaired) electrons. The molecule has 1 aliphatic heterocycles. The van der Waals surface area contributed by atoms with Crippen LogP contribution in [0, 0.1) is 0 Å². The summed E-state index contributed by atoms with van der Waals surface area (Å²) in [6.07, 6.45) is 6.73. The summed E-state index contributed by atoms with van der Waals surface area (Å²) in [5.41, 5.74) is 0.995. The SMILES string of the molecule is CCCCOC(=O)CCCCCN1C(=O)/C(=C/c2ccccc2)SC1=S. The van der Waals surface area contributed by atoms with E-state index in [2.05, 4.69) is 6.92 Å². The summed E-state index contributed by atoms with van der Waals surface area (Å²) in [6.45, 7) is 3.18. The average molecular weight is 392 g/mol. The minimum Gasteiger partial charge on any atom is -0.466 e. The zero-order valence-electron chi connectivity index (χ0n) is 15.1. The lowest BCUT2D eigenvalue weighted by Crippen LogP contribution is -2.29. The van der Waals surface area contributed by atoms with Crippen LogP contribution in [0.2, 0.25) is 0 Å². The number of ether oxygens (including phenoxy) is 1. The van der Waals surface area contributed by atoms with Crippen LogP contribution in [0.4, 0.5) is 0 Å². The van der Waals surface area contributed by atoms with E-state index in [9.17, 15) is 9.59 Å². The molecule has 4 nitrogen and oxygen atoms in total. The predicted molar refractivity (Wildman–Crippen MR) is 111 cm³/mol. The Kier molecular flexibility index (Phi) is 8.85. The molecule has 1 aromatic rings. The number of hydrogen-bond acceptors (Lipinski definition) is 5. The van der Waals surface area contributed by atoms with Gasteiger partial charge in [-0.25, -0.2) is 0 Å². The molecule has 0 aliphatic carbocycles. The fraction of sp³-hybridized carbons (Fsp3) is 0.450. The smallest absolute Gasteiger partial charge is 0.305 e. The Bertz CT molecular complexity index is 658. The minimum absolute atomic E-state index is 0.0252. The van der Waals surface area contributed by atoms with Gasteiger partial charge in [-0.1, -0.05) is 74.1 Å². The highest BCUT2D eigenvalue weighted by Crippen LogP contribution is 2.32. The van der Waals surface area contributed by atoms with E-state index in [0.29, 0.717) is 28.8 Å². The van der Waals surface area contributed by atoms with Gasteiger partial charge >= 0.3 is 5.97 Å². The zero-order valence-corrected chi connectivity index (χ0v) is 16.7. The minimum atomic E-state index is -0.130. The Morgan fingerprint density at radius 2 is 1.96 bits per heavy atom. The van der Waals surface area contributed by atoms with Gasteiger partial charge < -0.3 is 4.74 Å². The van der Waals surface area contributed by atoms with E-state index in [1.807, 2.05) is 36.4 Å². The van der Waals surface area contributed by atoms with E-state index in [1.54, 1.807) is 4.90 Å². The van der Waals surface area contributed by atoms with Gasteiger partial charge in [0, 0.05) is 13.0 Å². The second-order valence-corrected chi connectivity index (χ2v) is 7.80. The van der Waals surface area contributed by atoms with Crippen molar-refractivity contribution in [2.45, 2.75) is 45.4 Å². The van der Waals surface area contributed by atoms with Gasteiger partial charge in [0.05, 0.1) is 11.5 Å². The van der Waals surface area contributed by atoms with Gasteiger partial charge in [0.2, 0.25) is 0 Å². The van der Waals surface area contributed by atoms with Crippen LogP contribution in [0.3, 0.4) is 0 Å². The molecular weight excluding hydrogens is 366 g/mol. The van der Waals surface area contributed by atoms with Crippen molar-refractivity contribution in [1.82, 2.24) is 4.90 Å². The third kappa shape index (κ3) is 6.57. The number of esters is 1. The maximum atomic E-state index is 12.5. The topological polar surface area (TPSA) is 46.6 Å². The number of benzene rings is 1. The lowest BCUT2D eigenvalue weighted by atomic mass is 10.2. The first kappa shape index (κ1) is 20.6. The standard InChI is InChI=1S/C20H25NO3S2/c1-2-3-14-24-18(22)12-8-5-9-13-21-19(23)17(26-20(21)25)15-16-10-6-4-7-11-16/h4,6-7,10-11,15H,2-3,5,8-9,12-14H2,1H3/b17-15-. The Hall–Kier alpha value is -1.66. The van der Waals surface area contributed by atoms with Crippen molar-refractivity contribution in [3.63, 3.8) is 0 Å². The van der Waals surface area contributed by atoms with Crippen LogP contribution in [0.25, 0.3) is 6.08 Å². The Morgan fingerprint density at radius 1 is 1.19 bits per heavy atom. The van der Waals surface area contributed by atoms with E-state index >= 15 is 0 Å². The fourth-order valence-corrected chi connectivity index (χ4v) is 3.82.